The smallest absolute Gasteiger partial charge is 0.169 e. The number of ether oxygens (including phenoxy) is 1. The number of nitrogens with one attached hydrogen (secondary N) is 1. The topological polar surface area (TPSA) is 63.9 Å². The van der Waals surface area contributed by atoms with Crippen LogP contribution in [0.2, 0.25) is 0 Å². The molecule has 0 unspecified atom stereocenters. The predicted molar refractivity (Wildman–Crippen MR) is 51.8 cm³/mol. The fourth-order valence-electron chi connectivity index (χ4n) is 1.41. The highest BCUT2D eigenvalue weighted by atomic mass is 16.5. The zero-order valence-electron chi connectivity index (χ0n) is 7.59. The Morgan fingerprint density at radius 2 is 2.23 bits per heavy atom. The van der Waals surface area contributed by atoms with Crippen molar-refractivity contribution in [1.29, 1.82) is 0 Å². The van der Waals surface area contributed by atoms with E-state index in [0.29, 0.717) is 11.4 Å². The third-order valence-corrected chi connectivity index (χ3v) is 2.11. The van der Waals surface area contributed by atoms with Crippen LogP contribution < -0.4 is 10.5 Å². The normalized spacial score (nSPS) is 10.6. The first-order valence-corrected chi connectivity index (χ1v) is 4.01. The van der Waals surface area contributed by atoms with Crippen LogP contribution in [0.4, 0.5) is 5.69 Å². The highest BCUT2D eigenvalue weighted by Gasteiger charge is 2.09. The second-order valence-electron chi connectivity index (χ2n) is 2.93. The van der Waals surface area contributed by atoms with Crippen LogP contribution in [0.25, 0.3) is 10.9 Å². The van der Waals surface area contributed by atoms with Gasteiger partial charge in [0.05, 0.1) is 12.8 Å². The second kappa shape index (κ2) is 2.65. The summed E-state index contributed by atoms with van der Waals surface area (Å²) in [4.78, 5) is 0. The van der Waals surface area contributed by atoms with Gasteiger partial charge in [0, 0.05) is 11.1 Å². The molecular weight excluding hydrogens is 166 g/mol. The molecule has 1 heterocycles. The van der Waals surface area contributed by atoms with Gasteiger partial charge in [0.15, 0.2) is 5.75 Å². The van der Waals surface area contributed by atoms with Gasteiger partial charge >= 0.3 is 0 Å². The number of anilines is 1. The second-order valence-corrected chi connectivity index (χ2v) is 2.93. The van der Waals surface area contributed by atoms with Crippen LogP contribution in [0, 0.1) is 6.92 Å². The predicted octanol–water partition coefficient (Wildman–Crippen LogP) is 1.46. The minimum Gasteiger partial charge on any atom is -0.492 e. The van der Waals surface area contributed by atoms with Crippen molar-refractivity contribution < 1.29 is 4.74 Å². The van der Waals surface area contributed by atoms with Crippen molar-refractivity contribution in [3.05, 3.63) is 17.8 Å². The summed E-state index contributed by atoms with van der Waals surface area (Å²) in [7, 11) is 1.59. The molecule has 3 N–H and O–H groups in total. The molecule has 0 atom stereocenters. The summed E-state index contributed by atoms with van der Waals surface area (Å²) < 4.78 is 5.16. The molecule has 0 saturated carbocycles. The van der Waals surface area contributed by atoms with Gasteiger partial charge in [-0.05, 0) is 19.1 Å². The van der Waals surface area contributed by atoms with Gasteiger partial charge in [0.1, 0.15) is 5.52 Å². The van der Waals surface area contributed by atoms with Crippen molar-refractivity contribution >= 4 is 16.6 Å². The number of benzene rings is 1. The van der Waals surface area contributed by atoms with Gasteiger partial charge in [-0.2, -0.15) is 5.10 Å². The molecule has 4 heteroatoms. The summed E-state index contributed by atoms with van der Waals surface area (Å²) in [6.45, 7) is 1.96. The van der Waals surface area contributed by atoms with Crippen LogP contribution in [0.1, 0.15) is 5.69 Å². The molecule has 0 radical (unpaired) electrons. The van der Waals surface area contributed by atoms with Crippen LogP contribution in [-0.2, 0) is 0 Å². The highest BCUT2D eigenvalue weighted by Crippen LogP contribution is 2.30. The number of nitrogen functional groups attached to an aromatic ring is 1. The molecule has 0 aliphatic heterocycles. The first kappa shape index (κ1) is 7.91. The number of rotatable bonds is 1. The Kier molecular flexibility index (Phi) is 1.62. The number of aromatic amines is 1. The lowest BCUT2D eigenvalue weighted by atomic mass is 10.2. The fourth-order valence-corrected chi connectivity index (χ4v) is 1.41. The Morgan fingerprint density at radius 1 is 1.46 bits per heavy atom. The fraction of sp³-hybridized carbons (Fsp3) is 0.222. The number of aromatic nitrogens is 2. The molecule has 1 aromatic heterocycles. The quantitative estimate of drug-likeness (QED) is 0.648. The number of methoxy groups -OCH3 is 1. The van der Waals surface area contributed by atoms with Crippen molar-refractivity contribution in [3.8, 4) is 5.75 Å². The Hall–Kier alpha value is -1.71. The van der Waals surface area contributed by atoms with Crippen molar-refractivity contribution in [1.82, 2.24) is 10.2 Å². The van der Waals surface area contributed by atoms with E-state index < -0.39 is 0 Å². The van der Waals surface area contributed by atoms with Crippen LogP contribution in [0.3, 0.4) is 0 Å². The standard InChI is InChI=1S/C9H11N3O/c1-5-6-3-4-7(10)9(13-2)8(6)12-11-5/h3-4H,10H2,1-2H3,(H,11,12). The molecule has 0 amide bonds. The monoisotopic (exact) mass is 177 g/mol. The Morgan fingerprint density at radius 3 is 2.92 bits per heavy atom. The van der Waals surface area contributed by atoms with Crippen molar-refractivity contribution in [2.75, 3.05) is 12.8 Å². The van der Waals surface area contributed by atoms with Crippen molar-refractivity contribution in [2.45, 2.75) is 6.92 Å². The number of aryl methyl sites for hydroxylation is 1. The van der Waals surface area contributed by atoms with Gasteiger partial charge in [-0.25, -0.2) is 0 Å². The van der Waals surface area contributed by atoms with Crippen molar-refractivity contribution in [3.63, 3.8) is 0 Å². The molecule has 1 aromatic carbocycles. The van der Waals surface area contributed by atoms with E-state index >= 15 is 0 Å². The van der Waals surface area contributed by atoms with E-state index in [4.69, 9.17) is 10.5 Å². The lowest BCUT2D eigenvalue weighted by molar-refractivity contribution is 0.421. The van der Waals surface area contributed by atoms with E-state index in [0.717, 1.165) is 16.6 Å². The maximum atomic E-state index is 5.73. The van der Waals surface area contributed by atoms with E-state index in [-0.39, 0.29) is 0 Å². The van der Waals surface area contributed by atoms with Gasteiger partial charge in [0.2, 0.25) is 0 Å². The molecule has 4 nitrogen and oxygen atoms in total. The summed E-state index contributed by atoms with van der Waals surface area (Å²) in [6.07, 6.45) is 0. The SMILES string of the molecule is COc1c(N)ccc2c(C)[nH]nc12. The van der Waals surface area contributed by atoms with Gasteiger partial charge in [-0.15, -0.1) is 0 Å². The molecule has 13 heavy (non-hydrogen) atoms. The summed E-state index contributed by atoms with van der Waals surface area (Å²) in [5.41, 5.74) is 8.15. The largest absolute Gasteiger partial charge is 0.492 e. The minimum absolute atomic E-state index is 0.613. The number of fused-ring (bicyclic) bond motifs is 1. The zero-order valence-corrected chi connectivity index (χ0v) is 7.59. The molecule has 2 aromatic rings. The minimum atomic E-state index is 0.613. The third-order valence-electron chi connectivity index (χ3n) is 2.11. The third kappa shape index (κ3) is 1.02. The van der Waals surface area contributed by atoms with Crippen LogP contribution in [0.15, 0.2) is 12.1 Å². The summed E-state index contributed by atoms with van der Waals surface area (Å²) in [5.74, 6) is 0.641. The molecule has 68 valence electrons. The van der Waals surface area contributed by atoms with E-state index in [1.807, 2.05) is 19.1 Å². The average Bonchev–Trinajstić information content (AvgIpc) is 2.48. The molecule has 0 aliphatic rings. The molecule has 0 bridgehead atoms. The number of H-pyrrole nitrogens is 1. The maximum absolute atomic E-state index is 5.73. The molecule has 0 spiro atoms. The first-order valence-electron chi connectivity index (χ1n) is 4.01. The zero-order chi connectivity index (χ0) is 9.42. The number of hydrogen-bond donors (Lipinski definition) is 2. The molecule has 0 saturated heterocycles. The molecule has 2 rings (SSSR count). The van der Waals surface area contributed by atoms with E-state index in [1.165, 1.54) is 0 Å². The number of hydrogen-bond acceptors (Lipinski definition) is 3. The number of nitrogens with zero attached hydrogens (tertiary/aromatic N) is 1. The van der Waals surface area contributed by atoms with Crippen LogP contribution in [0.5, 0.6) is 5.75 Å². The van der Waals surface area contributed by atoms with Crippen molar-refractivity contribution in [2.24, 2.45) is 0 Å². The van der Waals surface area contributed by atoms with Crippen LogP contribution in [-0.4, -0.2) is 17.3 Å². The summed E-state index contributed by atoms with van der Waals surface area (Å²) in [6, 6.07) is 3.76. The van der Waals surface area contributed by atoms with Gasteiger partial charge < -0.3 is 10.5 Å². The highest BCUT2D eigenvalue weighted by molar-refractivity contribution is 5.91. The average molecular weight is 177 g/mol. The van der Waals surface area contributed by atoms with Gasteiger partial charge in [0.25, 0.3) is 0 Å². The van der Waals surface area contributed by atoms with E-state index in [2.05, 4.69) is 10.2 Å². The van der Waals surface area contributed by atoms with Gasteiger partial charge in [-0.3, -0.25) is 5.10 Å². The van der Waals surface area contributed by atoms with E-state index in [1.54, 1.807) is 7.11 Å². The van der Waals surface area contributed by atoms with E-state index in [9.17, 15) is 0 Å². The Balaban J connectivity index is 2.85. The Labute approximate surface area is 75.7 Å². The Bertz CT molecular complexity index is 447. The molecule has 0 fully saturated rings. The summed E-state index contributed by atoms with van der Waals surface area (Å²) in [5, 5.41) is 8.06. The number of nitrogens with two attached hydrogens (primary N) is 1. The lowest BCUT2D eigenvalue weighted by Gasteiger charge is -2.03. The molecule has 0 aliphatic carbocycles. The molecular formula is C9H11N3O. The summed E-state index contributed by atoms with van der Waals surface area (Å²) >= 11 is 0. The maximum Gasteiger partial charge on any atom is 0.169 e. The van der Waals surface area contributed by atoms with Gasteiger partial charge in [-0.1, -0.05) is 0 Å². The lowest BCUT2D eigenvalue weighted by Crippen LogP contribution is -1.92. The van der Waals surface area contributed by atoms with Crippen LogP contribution >= 0.6 is 0 Å². The first-order chi connectivity index (χ1) is 6.24.